The molecule has 0 N–H and O–H groups in total. The third-order valence-electron chi connectivity index (χ3n) is 4.15. The molecule has 2 aliphatic rings. The second kappa shape index (κ2) is 6.68. The van der Waals surface area contributed by atoms with Crippen molar-refractivity contribution in [1.82, 2.24) is 0 Å². The van der Waals surface area contributed by atoms with Crippen molar-refractivity contribution in [2.45, 2.75) is 62.8 Å². The molecule has 2 heterocycles. The molecule has 0 amide bonds. The summed E-state index contributed by atoms with van der Waals surface area (Å²) in [6.45, 7) is 3.19. The number of hydrogen-bond donors (Lipinski definition) is 0. The monoisotopic (exact) mass is 276 g/mol. The van der Waals surface area contributed by atoms with Gasteiger partial charge in [0.2, 0.25) is 0 Å². The van der Waals surface area contributed by atoms with Gasteiger partial charge in [0.05, 0.1) is 5.60 Å². The van der Waals surface area contributed by atoms with E-state index in [9.17, 15) is 0 Å². The predicted octanol–water partition coefficient (Wildman–Crippen LogP) is 4.48. The van der Waals surface area contributed by atoms with E-state index in [2.05, 4.69) is 18.7 Å². The van der Waals surface area contributed by atoms with Crippen LogP contribution >= 0.6 is 23.4 Å². The number of halogens is 1. The summed E-state index contributed by atoms with van der Waals surface area (Å²) in [4.78, 5) is 0. The molecule has 3 unspecified atom stereocenters. The normalized spacial score (nSPS) is 35.3. The fourth-order valence-electron chi connectivity index (χ4n) is 3.11. The van der Waals surface area contributed by atoms with Gasteiger partial charge in [-0.05, 0) is 50.2 Å². The third kappa shape index (κ3) is 4.04. The number of thioether (sulfide) groups is 1. The lowest BCUT2D eigenvalue weighted by Crippen LogP contribution is -2.39. The Labute approximate surface area is 115 Å². The van der Waals surface area contributed by atoms with Gasteiger partial charge in [0.15, 0.2) is 0 Å². The fourth-order valence-corrected chi connectivity index (χ4v) is 4.84. The smallest absolute Gasteiger partial charge is 0.0783 e. The maximum atomic E-state index is 6.32. The van der Waals surface area contributed by atoms with Gasteiger partial charge < -0.3 is 4.74 Å². The molecule has 2 rings (SSSR count). The minimum atomic E-state index is 0.250. The van der Waals surface area contributed by atoms with E-state index in [1.165, 1.54) is 56.5 Å². The van der Waals surface area contributed by atoms with Crippen molar-refractivity contribution in [2.75, 3.05) is 18.1 Å². The molecule has 1 spiro atoms. The molecule has 0 aromatic heterocycles. The van der Waals surface area contributed by atoms with E-state index in [0.717, 1.165) is 12.5 Å². The van der Waals surface area contributed by atoms with Crippen LogP contribution in [-0.2, 0) is 4.74 Å². The van der Waals surface area contributed by atoms with Gasteiger partial charge in [0.1, 0.15) is 0 Å². The molecular formula is C14H25ClOS. The summed E-state index contributed by atoms with van der Waals surface area (Å²) in [6, 6.07) is 0. The molecule has 100 valence electrons. The van der Waals surface area contributed by atoms with E-state index in [1.54, 1.807) is 0 Å². The van der Waals surface area contributed by atoms with E-state index < -0.39 is 0 Å². The van der Waals surface area contributed by atoms with E-state index in [-0.39, 0.29) is 5.60 Å². The minimum Gasteiger partial charge on any atom is -0.374 e. The summed E-state index contributed by atoms with van der Waals surface area (Å²) >= 11 is 8.38. The summed E-state index contributed by atoms with van der Waals surface area (Å²) in [5.41, 5.74) is 0.250. The van der Waals surface area contributed by atoms with Crippen molar-refractivity contribution in [1.29, 1.82) is 0 Å². The van der Waals surface area contributed by atoms with Crippen molar-refractivity contribution in [3.05, 3.63) is 0 Å². The first-order valence-electron chi connectivity index (χ1n) is 7.10. The van der Waals surface area contributed by atoms with Crippen molar-refractivity contribution in [3.63, 3.8) is 0 Å². The van der Waals surface area contributed by atoms with Crippen LogP contribution in [0.25, 0.3) is 0 Å². The molecule has 2 fully saturated rings. The second-order valence-electron chi connectivity index (χ2n) is 5.66. The predicted molar refractivity (Wildman–Crippen MR) is 77.1 cm³/mol. The maximum absolute atomic E-state index is 6.32. The summed E-state index contributed by atoms with van der Waals surface area (Å²) in [5.74, 6) is 3.38. The Balaban J connectivity index is 1.74. The lowest BCUT2D eigenvalue weighted by molar-refractivity contribution is -0.0807. The standard InChI is InChI=1S/C14H25ClOS/c1-2-3-13(15)5-4-12-6-8-16-14(10-12)7-9-17-11-14/h12-13H,2-11H2,1H3. The third-order valence-corrected chi connectivity index (χ3v) is 5.81. The van der Waals surface area contributed by atoms with Gasteiger partial charge in [-0.1, -0.05) is 13.3 Å². The molecule has 0 bridgehead atoms. The van der Waals surface area contributed by atoms with Crippen molar-refractivity contribution in [3.8, 4) is 0 Å². The molecule has 0 aromatic carbocycles. The second-order valence-corrected chi connectivity index (χ2v) is 7.38. The zero-order valence-electron chi connectivity index (χ0n) is 10.9. The summed E-state index contributed by atoms with van der Waals surface area (Å²) in [6.07, 6.45) is 8.70. The van der Waals surface area contributed by atoms with Crippen LogP contribution in [0.5, 0.6) is 0 Å². The number of hydrogen-bond acceptors (Lipinski definition) is 2. The van der Waals surface area contributed by atoms with Crippen molar-refractivity contribution < 1.29 is 4.74 Å². The van der Waals surface area contributed by atoms with Crippen LogP contribution in [0.3, 0.4) is 0 Å². The highest BCUT2D eigenvalue weighted by Gasteiger charge is 2.40. The molecule has 3 heteroatoms. The van der Waals surface area contributed by atoms with Crippen LogP contribution in [-0.4, -0.2) is 29.1 Å². The van der Waals surface area contributed by atoms with Crippen LogP contribution in [0, 0.1) is 5.92 Å². The van der Waals surface area contributed by atoms with Gasteiger partial charge in [-0.15, -0.1) is 11.6 Å². The van der Waals surface area contributed by atoms with E-state index in [4.69, 9.17) is 16.3 Å². The van der Waals surface area contributed by atoms with Gasteiger partial charge in [0.25, 0.3) is 0 Å². The maximum Gasteiger partial charge on any atom is 0.0783 e. The summed E-state index contributed by atoms with van der Waals surface area (Å²) in [5, 5.41) is 0.400. The highest BCUT2D eigenvalue weighted by atomic mass is 35.5. The fraction of sp³-hybridized carbons (Fsp3) is 1.00. The lowest BCUT2D eigenvalue weighted by Gasteiger charge is -2.38. The average Bonchev–Trinajstić information content (AvgIpc) is 2.75. The lowest BCUT2D eigenvalue weighted by atomic mass is 9.82. The Morgan fingerprint density at radius 2 is 2.35 bits per heavy atom. The van der Waals surface area contributed by atoms with Gasteiger partial charge in [-0.2, -0.15) is 11.8 Å². The minimum absolute atomic E-state index is 0.250. The van der Waals surface area contributed by atoms with Crippen LogP contribution in [0.4, 0.5) is 0 Å². The Hall–Kier alpha value is 0.600. The highest BCUT2D eigenvalue weighted by Crippen LogP contribution is 2.41. The first-order chi connectivity index (χ1) is 8.24. The Kier molecular flexibility index (Phi) is 5.50. The highest BCUT2D eigenvalue weighted by molar-refractivity contribution is 7.99. The molecule has 0 saturated carbocycles. The number of rotatable bonds is 5. The number of alkyl halides is 1. The molecule has 2 saturated heterocycles. The Bertz CT molecular complexity index is 228. The van der Waals surface area contributed by atoms with Gasteiger partial charge in [-0.25, -0.2) is 0 Å². The first kappa shape index (κ1) is 14.0. The molecule has 0 aromatic rings. The van der Waals surface area contributed by atoms with Crippen LogP contribution in [0.1, 0.15) is 51.9 Å². The Morgan fingerprint density at radius 3 is 3.06 bits per heavy atom. The van der Waals surface area contributed by atoms with Crippen LogP contribution in [0.15, 0.2) is 0 Å². The molecule has 2 aliphatic heterocycles. The van der Waals surface area contributed by atoms with Crippen LogP contribution < -0.4 is 0 Å². The molecule has 17 heavy (non-hydrogen) atoms. The van der Waals surface area contributed by atoms with Crippen molar-refractivity contribution in [2.24, 2.45) is 5.92 Å². The average molecular weight is 277 g/mol. The first-order valence-corrected chi connectivity index (χ1v) is 8.69. The number of ether oxygens (including phenoxy) is 1. The molecule has 3 atom stereocenters. The molecule has 0 aliphatic carbocycles. The van der Waals surface area contributed by atoms with Crippen LogP contribution in [0.2, 0.25) is 0 Å². The largest absolute Gasteiger partial charge is 0.374 e. The SMILES string of the molecule is CCCC(Cl)CCC1CCOC2(CCSC2)C1. The van der Waals surface area contributed by atoms with Gasteiger partial charge in [0, 0.05) is 17.7 Å². The van der Waals surface area contributed by atoms with Crippen molar-refractivity contribution >= 4 is 23.4 Å². The zero-order chi connectivity index (χ0) is 12.1. The van der Waals surface area contributed by atoms with Gasteiger partial charge in [-0.3, -0.25) is 0 Å². The molecule has 0 radical (unpaired) electrons. The topological polar surface area (TPSA) is 9.23 Å². The Morgan fingerprint density at radius 1 is 1.47 bits per heavy atom. The summed E-state index contributed by atoms with van der Waals surface area (Å²) < 4.78 is 6.06. The quantitative estimate of drug-likeness (QED) is 0.685. The van der Waals surface area contributed by atoms with Gasteiger partial charge >= 0.3 is 0 Å². The van der Waals surface area contributed by atoms with E-state index in [1.807, 2.05) is 0 Å². The zero-order valence-corrected chi connectivity index (χ0v) is 12.5. The molecular weight excluding hydrogens is 252 g/mol. The summed E-state index contributed by atoms with van der Waals surface area (Å²) in [7, 11) is 0. The van der Waals surface area contributed by atoms with E-state index in [0.29, 0.717) is 5.38 Å². The molecule has 1 nitrogen and oxygen atoms in total. The van der Waals surface area contributed by atoms with E-state index >= 15 is 0 Å².